The highest BCUT2D eigenvalue weighted by Gasteiger charge is 2.45. The average Bonchev–Trinajstić information content (AvgIpc) is 3.00. The van der Waals surface area contributed by atoms with Crippen LogP contribution in [0.2, 0.25) is 0 Å². The van der Waals surface area contributed by atoms with Crippen molar-refractivity contribution in [2.45, 2.75) is 25.7 Å². The second kappa shape index (κ2) is 4.77. The Balaban J connectivity index is 1.91. The number of carbonyl (C=O) groups excluding carboxylic acids is 3. The van der Waals surface area contributed by atoms with Crippen LogP contribution in [0.1, 0.15) is 25.7 Å². The summed E-state index contributed by atoms with van der Waals surface area (Å²) in [4.78, 5) is 37.4. The van der Waals surface area contributed by atoms with Crippen LogP contribution in [-0.4, -0.2) is 17.8 Å². The normalized spacial score (nSPS) is 24.9. The number of anilines is 1. The van der Waals surface area contributed by atoms with Crippen molar-refractivity contribution in [3.05, 3.63) is 16.8 Å². The first-order valence-electron chi connectivity index (χ1n) is 6.39. The Morgan fingerprint density at radius 1 is 1.21 bits per heavy atom. The predicted molar refractivity (Wildman–Crippen MR) is 70.8 cm³/mol. The fourth-order valence-electron chi connectivity index (χ4n) is 2.93. The van der Waals surface area contributed by atoms with E-state index in [9.17, 15) is 14.4 Å². The lowest BCUT2D eigenvalue weighted by Crippen LogP contribution is -2.59. The average molecular weight is 278 g/mol. The second-order valence-electron chi connectivity index (χ2n) is 4.97. The van der Waals surface area contributed by atoms with Crippen molar-refractivity contribution in [3.63, 3.8) is 0 Å². The molecular formula is C13H14N2O3S. The summed E-state index contributed by atoms with van der Waals surface area (Å²) >= 11 is 1.41. The lowest BCUT2D eigenvalue weighted by Gasteiger charge is -2.32. The fraction of sp³-hybridized carbons (Fsp3) is 0.462. The van der Waals surface area contributed by atoms with Crippen LogP contribution in [-0.2, 0) is 9.59 Å². The minimum atomic E-state index is -0.708. The second-order valence-corrected chi connectivity index (χ2v) is 5.75. The highest BCUT2D eigenvalue weighted by molar-refractivity contribution is 7.08. The first-order valence-corrected chi connectivity index (χ1v) is 7.34. The van der Waals surface area contributed by atoms with E-state index in [0.717, 1.165) is 30.6 Å². The quantitative estimate of drug-likeness (QED) is 0.843. The highest BCUT2D eigenvalue weighted by Crippen LogP contribution is 2.35. The molecule has 1 aromatic rings. The third-order valence-corrected chi connectivity index (χ3v) is 4.51. The minimum Gasteiger partial charge on any atom is -0.277 e. The highest BCUT2D eigenvalue weighted by atomic mass is 32.1. The van der Waals surface area contributed by atoms with Gasteiger partial charge in [0.2, 0.25) is 11.8 Å². The maximum Gasteiger partial charge on any atom is 0.335 e. The number of hydrogen-bond acceptors (Lipinski definition) is 4. The van der Waals surface area contributed by atoms with Gasteiger partial charge in [0.25, 0.3) is 0 Å². The van der Waals surface area contributed by atoms with Crippen LogP contribution >= 0.6 is 11.3 Å². The SMILES string of the molecule is O=C1NC(=O)N(c2ccsc2)C(=O)C1C1CCCC1. The Labute approximate surface area is 114 Å². The maximum absolute atomic E-state index is 12.5. The molecule has 1 saturated carbocycles. The molecule has 0 bridgehead atoms. The lowest BCUT2D eigenvalue weighted by atomic mass is 9.87. The molecule has 4 amide bonds. The number of amides is 4. The largest absolute Gasteiger partial charge is 0.335 e. The molecule has 5 nitrogen and oxygen atoms in total. The van der Waals surface area contributed by atoms with E-state index in [4.69, 9.17) is 0 Å². The van der Waals surface area contributed by atoms with Crippen LogP contribution < -0.4 is 10.2 Å². The zero-order valence-electron chi connectivity index (χ0n) is 10.3. The van der Waals surface area contributed by atoms with E-state index in [2.05, 4.69) is 5.32 Å². The van der Waals surface area contributed by atoms with Gasteiger partial charge in [0, 0.05) is 5.38 Å². The molecule has 6 heteroatoms. The summed E-state index contributed by atoms with van der Waals surface area (Å²) in [5.41, 5.74) is 0.544. The van der Waals surface area contributed by atoms with Gasteiger partial charge in [-0.3, -0.25) is 14.9 Å². The number of nitrogens with one attached hydrogen (secondary N) is 1. The van der Waals surface area contributed by atoms with Crippen molar-refractivity contribution in [1.29, 1.82) is 0 Å². The summed E-state index contributed by atoms with van der Waals surface area (Å²) in [6.07, 6.45) is 3.87. The van der Waals surface area contributed by atoms with E-state index in [1.807, 2.05) is 0 Å². The monoisotopic (exact) mass is 278 g/mol. The summed E-state index contributed by atoms with van der Waals surface area (Å²) in [5.74, 6) is -1.45. The molecule has 2 fully saturated rings. The van der Waals surface area contributed by atoms with Gasteiger partial charge >= 0.3 is 6.03 Å². The van der Waals surface area contributed by atoms with E-state index in [-0.39, 0.29) is 11.8 Å². The maximum atomic E-state index is 12.5. The van der Waals surface area contributed by atoms with Crippen LogP contribution in [0, 0.1) is 11.8 Å². The van der Waals surface area contributed by atoms with Crippen molar-refractivity contribution >= 4 is 34.9 Å². The summed E-state index contributed by atoms with van der Waals surface area (Å²) in [6, 6.07) is 1.08. The number of barbiturate groups is 1. The molecular weight excluding hydrogens is 264 g/mol. The molecule has 19 heavy (non-hydrogen) atoms. The molecule has 0 spiro atoms. The number of carbonyl (C=O) groups is 3. The topological polar surface area (TPSA) is 66.5 Å². The Kier molecular flexibility index (Phi) is 3.10. The molecule has 2 aliphatic rings. The van der Waals surface area contributed by atoms with Crippen LogP contribution in [0.4, 0.5) is 10.5 Å². The number of nitrogens with zero attached hydrogens (tertiary/aromatic N) is 1. The van der Waals surface area contributed by atoms with E-state index >= 15 is 0 Å². The van der Waals surface area contributed by atoms with Gasteiger partial charge < -0.3 is 0 Å². The van der Waals surface area contributed by atoms with Crippen LogP contribution in [0.5, 0.6) is 0 Å². The number of urea groups is 1. The molecule has 3 rings (SSSR count). The van der Waals surface area contributed by atoms with Crippen LogP contribution in [0.15, 0.2) is 16.8 Å². The zero-order chi connectivity index (χ0) is 13.4. The van der Waals surface area contributed by atoms with E-state index in [0.29, 0.717) is 5.69 Å². The smallest absolute Gasteiger partial charge is 0.277 e. The van der Waals surface area contributed by atoms with Gasteiger partial charge in [-0.15, -0.1) is 0 Å². The van der Waals surface area contributed by atoms with Crippen molar-refractivity contribution in [1.82, 2.24) is 5.32 Å². The Hall–Kier alpha value is -1.69. The molecule has 100 valence electrons. The predicted octanol–water partition coefficient (Wildman–Crippen LogP) is 2.14. The van der Waals surface area contributed by atoms with E-state index in [1.54, 1.807) is 16.8 Å². The molecule has 1 unspecified atom stereocenters. The van der Waals surface area contributed by atoms with Gasteiger partial charge in [-0.1, -0.05) is 12.8 Å². The van der Waals surface area contributed by atoms with Gasteiger partial charge in [0.1, 0.15) is 5.92 Å². The van der Waals surface area contributed by atoms with Crippen molar-refractivity contribution in [2.75, 3.05) is 4.90 Å². The Morgan fingerprint density at radius 3 is 2.58 bits per heavy atom. The van der Waals surface area contributed by atoms with Gasteiger partial charge in [-0.05, 0) is 30.2 Å². The van der Waals surface area contributed by atoms with Crippen molar-refractivity contribution in [2.24, 2.45) is 11.8 Å². The van der Waals surface area contributed by atoms with E-state index < -0.39 is 17.9 Å². The van der Waals surface area contributed by atoms with Gasteiger partial charge in [0.15, 0.2) is 0 Å². The lowest BCUT2D eigenvalue weighted by molar-refractivity contribution is -0.136. The van der Waals surface area contributed by atoms with Crippen LogP contribution in [0.3, 0.4) is 0 Å². The molecule has 1 saturated heterocycles. The summed E-state index contributed by atoms with van der Waals surface area (Å²) in [6.45, 7) is 0. The minimum absolute atomic E-state index is 0.0711. The molecule has 1 N–H and O–H groups in total. The third-order valence-electron chi connectivity index (χ3n) is 3.84. The summed E-state index contributed by atoms with van der Waals surface area (Å²) in [5, 5.41) is 5.84. The van der Waals surface area contributed by atoms with Gasteiger partial charge in [0.05, 0.1) is 5.69 Å². The zero-order valence-corrected chi connectivity index (χ0v) is 11.1. The molecule has 0 radical (unpaired) electrons. The molecule has 1 aromatic heterocycles. The van der Waals surface area contributed by atoms with Gasteiger partial charge in [-0.2, -0.15) is 11.3 Å². The molecule has 1 aliphatic heterocycles. The Morgan fingerprint density at radius 2 is 1.95 bits per heavy atom. The molecule has 1 atom stereocenters. The first-order chi connectivity index (χ1) is 9.18. The van der Waals surface area contributed by atoms with Crippen molar-refractivity contribution in [3.8, 4) is 0 Å². The fourth-order valence-corrected chi connectivity index (χ4v) is 3.55. The number of rotatable bonds is 2. The number of imide groups is 2. The van der Waals surface area contributed by atoms with Gasteiger partial charge in [-0.25, -0.2) is 9.69 Å². The molecule has 2 heterocycles. The van der Waals surface area contributed by atoms with Crippen molar-refractivity contribution < 1.29 is 14.4 Å². The standard InChI is InChI=1S/C13H14N2O3S/c16-11-10(8-3-1-2-4-8)12(17)15(13(18)14-11)9-5-6-19-7-9/h5-8,10H,1-4H2,(H,14,16,18). The Bertz CT molecular complexity index is 520. The summed E-state index contributed by atoms with van der Waals surface area (Å²) < 4.78 is 0. The summed E-state index contributed by atoms with van der Waals surface area (Å²) in [7, 11) is 0. The third kappa shape index (κ3) is 2.06. The van der Waals surface area contributed by atoms with E-state index in [1.165, 1.54) is 11.3 Å². The molecule has 1 aliphatic carbocycles. The van der Waals surface area contributed by atoms with Crippen LogP contribution in [0.25, 0.3) is 0 Å². The number of thiophene rings is 1. The first kappa shape index (κ1) is 12.3. The molecule has 0 aromatic carbocycles. The number of hydrogen-bond donors (Lipinski definition) is 1.